The first kappa shape index (κ1) is 13.5. The number of fused-ring (bicyclic) bond motifs is 1. The summed E-state index contributed by atoms with van der Waals surface area (Å²) in [6.07, 6.45) is 0. The van der Waals surface area contributed by atoms with Crippen molar-refractivity contribution in [3.05, 3.63) is 58.3 Å². The Morgan fingerprint density at radius 2 is 2.14 bits per heavy atom. The van der Waals surface area contributed by atoms with Crippen LogP contribution < -0.4 is 16.6 Å². The van der Waals surface area contributed by atoms with Gasteiger partial charge in [0, 0.05) is 11.9 Å². The molecular formula is C15H14N4OS. The molecule has 0 fully saturated rings. The van der Waals surface area contributed by atoms with Crippen LogP contribution in [0.1, 0.15) is 15.9 Å². The lowest BCUT2D eigenvalue weighted by Gasteiger charge is -2.09. The number of benzene rings is 1. The van der Waals surface area contributed by atoms with Gasteiger partial charge in [-0.15, -0.1) is 0 Å². The number of carbonyl (C=O) groups is 1. The van der Waals surface area contributed by atoms with Crippen LogP contribution in [0.2, 0.25) is 0 Å². The SMILES string of the molecule is NNc1cc(C(=O)NCc2ccsc2)c2ccccc2n1. The fraction of sp³-hybridized carbons (Fsp3) is 0.0667. The number of pyridine rings is 1. The van der Waals surface area contributed by atoms with E-state index in [4.69, 9.17) is 5.84 Å². The highest BCUT2D eigenvalue weighted by molar-refractivity contribution is 7.07. The molecule has 0 spiro atoms. The third-order valence-corrected chi connectivity index (χ3v) is 3.87. The fourth-order valence-electron chi connectivity index (χ4n) is 2.11. The van der Waals surface area contributed by atoms with E-state index in [0.717, 1.165) is 16.5 Å². The normalized spacial score (nSPS) is 10.5. The van der Waals surface area contributed by atoms with Gasteiger partial charge in [0.15, 0.2) is 0 Å². The van der Waals surface area contributed by atoms with Gasteiger partial charge in [0.1, 0.15) is 5.82 Å². The zero-order valence-corrected chi connectivity index (χ0v) is 12.0. The number of anilines is 1. The Labute approximate surface area is 125 Å². The number of para-hydroxylation sites is 1. The van der Waals surface area contributed by atoms with Crippen molar-refractivity contribution in [3.63, 3.8) is 0 Å². The quantitative estimate of drug-likeness (QED) is 0.511. The van der Waals surface area contributed by atoms with E-state index in [2.05, 4.69) is 15.7 Å². The van der Waals surface area contributed by atoms with Crippen molar-refractivity contribution in [1.82, 2.24) is 10.3 Å². The van der Waals surface area contributed by atoms with Gasteiger partial charge in [-0.2, -0.15) is 11.3 Å². The second-order valence-electron chi connectivity index (χ2n) is 4.53. The Morgan fingerprint density at radius 3 is 2.90 bits per heavy atom. The molecule has 2 heterocycles. The van der Waals surface area contributed by atoms with Crippen molar-refractivity contribution in [1.29, 1.82) is 0 Å². The van der Waals surface area contributed by atoms with Gasteiger partial charge >= 0.3 is 0 Å². The van der Waals surface area contributed by atoms with E-state index in [1.54, 1.807) is 17.4 Å². The monoisotopic (exact) mass is 298 g/mol. The molecule has 0 aliphatic rings. The maximum absolute atomic E-state index is 12.4. The molecule has 0 aliphatic carbocycles. The average molecular weight is 298 g/mol. The second-order valence-corrected chi connectivity index (χ2v) is 5.31. The predicted molar refractivity (Wildman–Crippen MR) is 85.0 cm³/mol. The highest BCUT2D eigenvalue weighted by atomic mass is 32.1. The van der Waals surface area contributed by atoms with E-state index in [1.165, 1.54) is 0 Å². The van der Waals surface area contributed by atoms with Crippen molar-refractivity contribution >= 4 is 34.0 Å². The summed E-state index contributed by atoms with van der Waals surface area (Å²) in [5.41, 5.74) is 4.87. The lowest BCUT2D eigenvalue weighted by atomic mass is 10.1. The average Bonchev–Trinajstić information content (AvgIpc) is 3.05. The van der Waals surface area contributed by atoms with Crippen molar-refractivity contribution in [3.8, 4) is 0 Å². The molecule has 5 nitrogen and oxygen atoms in total. The van der Waals surface area contributed by atoms with Crippen LogP contribution in [-0.2, 0) is 6.54 Å². The molecule has 3 rings (SSSR count). The van der Waals surface area contributed by atoms with Gasteiger partial charge in [-0.1, -0.05) is 18.2 Å². The third kappa shape index (κ3) is 2.86. The number of nitrogen functional groups attached to an aromatic ring is 1. The van der Waals surface area contributed by atoms with Gasteiger partial charge in [0.05, 0.1) is 11.1 Å². The van der Waals surface area contributed by atoms with Gasteiger partial charge in [-0.3, -0.25) is 4.79 Å². The van der Waals surface area contributed by atoms with Gasteiger partial charge in [0.2, 0.25) is 0 Å². The molecule has 3 aromatic rings. The minimum Gasteiger partial charge on any atom is -0.348 e. The molecule has 1 aromatic carbocycles. The van der Waals surface area contributed by atoms with Crippen LogP contribution >= 0.6 is 11.3 Å². The van der Waals surface area contributed by atoms with Gasteiger partial charge in [-0.25, -0.2) is 10.8 Å². The van der Waals surface area contributed by atoms with E-state index in [9.17, 15) is 4.79 Å². The summed E-state index contributed by atoms with van der Waals surface area (Å²) in [5, 5.41) is 7.72. The van der Waals surface area contributed by atoms with Crippen LogP contribution in [0.15, 0.2) is 47.2 Å². The summed E-state index contributed by atoms with van der Waals surface area (Å²) in [6, 6.07) is 11.1. The van der Waals surface area contributed by atoms with Crippen molar-refractivity contribution in [2.45, 2.75) is 6.54 Å². The van der Waals surface area contributed by atoms with Gasteiger partial charge in [-0.05, 0) is 34.5 Å². The van der Waals surface area contributed by atoms with Crippen LogP contribution in [0.5, 0.6) is 0 Å². The topological polar surface area (TPSA) is 80.0 Å². The number of hydrogen-bond acceptors (Lipinski definition) is 5. The van der Waals surface area contributed by atoms with E-state index in [-0.39, 0.29) is 5.91 Å². The van der Waals surface area contributed by atoms with Crippen LogP contribution in [-0.4, -0.2) is 10.9 Å². The minimum atomic E-state index is -0.142. The fourth-order valence-corrected chi connectivity index (χ4v) is 2.78. The first-order chi connectivity index (χ1) is 10.3. The number of nitrogens with one attached hydrogen (secondary N) is 2. The van der Waals surface area contributed by atoms with E-state index < -0.39 is 0 Å². The molecule has 2 aromatic heterocycles. The number of hydrazine groups is 1. The van der Waals surface area contributed by atoms with E-state index in [1.807, 2.05) is 41.1 Å². The molecule has 21 heavy (non-hydrogen) atoms. The summed E-state index contributed by atoms with van der Waals surface area (Å²) >= 11 is 1.61. The maximum atomic E-state index is 12.4. The summed E-state index contributed by atoms with van der Waals surface area (Å²) in [5.74, 6) is 5.74. The molecule has 0 aliphatic heterocycles. The number of aromatic nitrogens is 1. The molecular weight excluding hydrogens is 284 g/mol. The van der Waals surface area contributed by atoms with Crippen LogP contribution in [0.3, 0.4) is 0 Å². The van der Waals surface area contributed by atoms with Crippen LogP contribution in [0.4, 0.5) is 5.82 Å². The first-order valence-corrected chi connectivity index (χ1v) is 7.38. The van der Waals surface area contributed by atoms with Crippen LogP contribution in [0, 0.1) is 0 Å². The zero-order valence-electron chi connectivity index (χ0n) is 11.2. The standard InChI is InChI=1S/C15H14N4OS/c16-19-14-7-12(11-3-1-2-4-13(11)18-14)15(20)17-8-10-5-6-21-9-10/h1-7,9H,8,16H2,(H,17,20)(H,18,19). The van der Waals surface area contributed by atoms with Gasteiger partial charge < -0.3 is 10.7 Å². The molecule has 6 heteroatoms. The molecule has 106 valence electrons. The van der Waals surface area contributed by atoms with Gasteiger partial charge in [0.25, 0.3) is 5.91 Å². The minimum absolute atomic E-state index is 0.142. The predicted octanol–water partition coefficient (Wildman–Crippen LogP) is 2.51. The summed E-state index contributed by atoms with van der Waals surface area (Å²) in [6.45, 7) is 0.504. The Hall–Kier alpha value is -2.44. The summed E-state index contributed by atoms with van der Waals surface area (Å²) < 4.78 is 0. The number of hydrogen-bond donors (Lipinski definition) is 3. The Bertz CT molecular complexity index is 770. The second kappa shape index (κ2) is 5.90. The lowest BCUT2D eigenvalue weighted by Crippen LogP contribution is -2.23. The number of nitrogens with two attached hydrogens (primary N) is 1. The molecule has 0 saturated heterocycles. The number of amides is 1. The molecule has 0 bridgehead atoms. The van der Waals surface area contributed by atoms with E-state index in [0.29, 0.717) is 17.9 Å². The Balaban J connectivity index is 1.92. The molecule has 1 amide bonds. The van der Waals surface area contributed by atoms with Crippen molar-refractivity contribution in [2.75, 3.05) is 5.43 Å². The Kier molecular flexibility index (Phi) is 3.81. The molecule has 4 N–H and O–H groups in total. The zero-order chi connectivity index (χ0) is 14.7. The largest absolute Gasteiger partial charge is 0.348 e. The van der Waals surface area contributed by atoms with Crippen molar-refractivity contribution < 1.29 is 4.79 Å². The number of rotatable bonds is 4. The smallest absolute Gasteiger partial charge is 0.252 e. The van der Waals surface area contributed by atoms with Crippen LogP contribution in [0.25, 0.3) is 10.9 Å². The third-order valence-electron chi connectivity index (χ3n) is 3.14. The van der Waals surface area contributed by atoms with Crippen molar-refractivity contribution in [2.24, 2.45) is 5.84 Å². The maximum Gasteiger partial charge on any atom is 0.252 e. The van der Waals surface area contributed by atoms with E-state index >= 15 is 0 Å². The number of carbonyl (C=O) groups excluding carboxylic acids is 1. The highest BCUT2D eigenvalue weighted by Crippen LogP contribution is 2.20. The highest BCUT2D eigenvalue weighted by Gasteiger charge is 2.12. The molecule has 0 unspecified atom stereocenters. The lowest BCUT2D eigenvalue weighted by molar-refractivity contribution is 0.0952. The number of nitrogens with zero attached hydrogens (tertiary/aromatic N) is 1. The first-order valence-electron chi connectivity index (χ1n) is 6.43. The molecule has 0 saturated carbocycles. The Morgan fingerprint density at radius 1 is 1.29 bits per heavy atom. The molecule has 0 radical (unpaired) electrons. The summed E-state index contributed by atoms with van der Waals surface area (Å²) in [4.78, 5) is 16.8. The molecule has 0 atom stereocenters. The number of thiophene rings is 1. The summed E-state index contributed by atoms with van der Waals surface area (Å²) in [7, 11) is 0.